The van der Waals surface area contributed by atoms with Crippen LogP contribution in [-0.4, -0.2) is 9.55 Å². The van der Waals surface area contributed by atoms with Crippen molar-refractivity contribution in [2.75, 3.05) is 0 Å². The smallest absolute Gasteiger partial charge is 0.129 e. The molecule has 0 spiro atoms. The van der Waals surface area contributed by atoms with Gasteiger partial charge in [0.1, 0.15) is 11.6 Å². The van der Waals surface area contributed by atoms with Crippen LogP contribution < -0.4 is 0 Å². The Kier molecular flexibility index (Phi) is 3.40. The molecule has 3 aromatic rings. The fraction of sp³-hybridized carbons (Fsp3) is 0.133. The van der Waals surface area contributed by atoms with Crippen LogP contribution in [0.4, 0.5) is 4.39 Å². The van der Waals surface area contributed by atoms with Gasteiger partial charge >= 0.3 is 0 Å². The zero-order valence-corrected chi connectivity index (χ0v) is 12.2. The predicted molar refractivity (Wildman–Crippen MR) is 80.3 cm³/mol. The number of halogens is 3. The van der Waals surface area contributed by atoms with E-state index >= 15 is 0 Å². The third-order valence-electron chi connectivity index (χ3n) is 3.19. The molecule has 0 fully saturated rings. The van der Waals surface area contributed by atoms with Crippen LogP contribution >= 0.6 is 23.2 Å². The first-order valence-electron chi connectivity index (χ1n) is 6.09. The topological polar surface area (TPSA) is 17.8 Å². The maximum Gasteiger partial charge on any atom is 0.129 e. The molecular weight excluding hydrogens is 298 g/mol. The maximum absolute atomic E-state index is 13.7. The minimum absolute atomic E-state index is 0.238. The van der Waals surface area contributed by atoms with Crippen molar-refractivity contribution in [3.05, 3.63) is 58.6 Å². The Hall–Kier alpha value is -1.58. The van der Waals surface area contributed by atoms with Gasteiger partial charge in [-0.25, -0.2) is 9.37 Å². The highest BCUT2D eigenvalue weighted by molar-refractivity contribution is 6.30. The monoisotopic (exact) mass is 308 g/mol. The molecule has 20 heavy (non-hydrogen) atoms. The summed E-state index contributed by atoms with van der Waals surface area (Å²) in [5, 5.41) is 0.628. The zero-order chi connectivity index (χ0) is 14.3. The first-order valence-corrected chi connectivity index (χ1v) is 7.01. The number of alkyl halides is 1. The summed E-state index contributed by atoms with van der Waals surface area (Å²) in [6, 6.07) is 10.6. The Morgan fingerprint density at radius 3 is 2.75 bits per heavy atom. The summed E-state index contributed by atoms with van der Waals surface area (Å²) in [4.78, 5) is 4.39. The molecule has 0 atom stereocenters. The first kappa shape index (κ1) is 13.4. The lowest BCUT2D eigenvalue weighted by Gasteiger charge is -2.08. The number of hydrogen-bond acceptors (Lipinski definition) is 1. The van der Waals surface area contributed by atoms with Crippen LogP contribution in [-0.2, 0) is 5.88 Å². The molecule has 0 amide bonds. The van der Waals surface area contributed by atoms with E-state index in [9.17, 15) is 4.39 Å². The third-order valence-corrected chi connectivity index (χ3v) is 3.66. The van der Waals surface area contributed by atoms with Gasteiger partial charge in [0.2, 0.25) is 0 Å². The molecule has 3 rings (SSSR count). The molecule has 0 bridgehead atoms. The quantitative estimate of drug-likeness (QED) is 0.618. The molecule has 0 saturated carbocycles. The second-order valence-electron chi connectivity index (χ2n) is 4.57. The summed E-state index contributed by atoms with van der Waals surface area (Å²) in [6.45, 7) is 1.73. The molecule has 102 valence electrons. The van der Waals surface area contributed by atoms with E-state index in [0.29, 0.717) is 21.9 Å². The number of benzene rings is 2. The van der Waals surface area contributed by atoms with E-state index in [1.165, 1.54) is 6.07 Å². The van der Waals surface area contributed by atoms with E-state index in [0.717, 1.165) is 11.2 Å². The van der Waals surface area contributed by atoms with Crippen molar-refractivity contribution in [3.63, 3.8) is 0 Å². The van der Waals surface area contributed by atoms with Gasteiger partial charge in [-0.1, -0.05) is 17.7 Å². The molecule has 0 unspecified atom stereocenters. The molecule has 0 aliphatic carbocycles. The summed E-state index contributed by atoms with van der Waals surface area (Å²) in [5.41, 5.74) is 2.84. The molecule has 0 radical (unpaired) electrons. The Bertz CT molecular complexity index is 796. The van der Waals surface area contributed by atoms with E-state index in [4.69, 9.17) is 23.2 Å². The number of aryl methyl sites for hydroxylation is 1. The van der Waals surface area contributed by atoms with Crippen molar-refractivity contribution >= 4 is 34.2 Å². The van der Waals surface area contributed by atoms with Gasteiger partial charge in [-0.3, -0.25) is 4.57 Å². The molecule has 2 nitrogen and oxygen atoms in total. The minimum atomic E-state index is -0.269. The van der Waals surface area contributed by atoms with Gasteiger partial charge < -0.3 is 0 Å². The Balaban J connectivity index is 2.35. The number of fused-ring (bicyclic) bond motifs is 1. The summed E-state index contributed by atoms with van der Waals surface area (Å²) >= 11 is 12.0. The lowest BCUT2D eigenvalue weighted by Crippen LogP contribution is -1.99. The van der Waals surface area contributed by atoms with Gasteiger partial charge in [-0.05, 0) is 36.8 Å². The lowest BCUT2D eigenvalue weighted by atomic mass is 10.2. The second-order valence-corrected chi connectivity index (χ2v) is 5.27. The molecule has 0 aliphatic rings. The fourth-order valence-corrected chi connectivity index (χ4v) is 2.61. The Morgan fingerprint density at radius 1 is 1.25 bits per heavy atom. The van der Waals surface area contributed by atoms with Crippen LogP contribution in [0, 0.1) is 12.7 Å². The molecule has 0 N–H and O–H groups in total. The van der Waals surface area contributed by atoms with Crippen molar-refractivity contribution in [1.82, 2.24) is 9.55 Å². The van der Waals surface area contributed by atoms with Crippen LogP contribution in [0.2, 0.25) is 5.02 Å². The number of nitrogens with zero attached hydrogens (tertiary/aromatic N) is 2. The van der Waals surface area contributed by atoms with Crippen molar-refractivity contribution < 1.29 is 4.39 Å². The maximum atomic E-state index is 13.7. The van der Waals surface area contributed by atoms with Gasteiger partial charge in [0.25, 0.3) is 0 Å². The van der Waals surface area contributed by atoms with Gasteiger partial charge in [-0.15, -0.1) is 11.6 Å². The highest BCUT2D eigenvalue weighted by Crippen LogP contribution is 2.26. The highest BCUT2D eigenvalue weighted by atomic mass is 35.5. The molecule has 0 aliphatic heterocycles. The largest absolute Gasteiger partial charge is 0.295 e. The van der Waals surface area contributed by atoms with E-state index in [2.05, 4.69) is 4.98 Å². The SMILES string of the molecule is Cc1cc2c(cc1F)nc(CCl)n2-c1cccc(Cl)c1. The Morgan fingerprint density at radius 2 is 2.05 bits per heavy atom. The van der Waals surface area contributed by atoms with Crippen LogP contribution in [0.1, 0.15) is 11.4 Å². The predicted octanol–water partition coefficient (Wildman–Crippen LogP) is 4.87. The highest BCUT2D eigenvalue weighted by Gasteiger charge is 2.14. The minimum Gasteiger partial charge on any atom is -0.295 e. The average Bonchev–Trinajstić information content (AvgIpc) is 2.77. The summed E-state index contributed by atoms with van der Waals surface area (Å²) < 4.78 is 15.6. The molecular formula is C15H11Cl2FN2. The van der Waals surface area contributed by atoms with Gasteiger partial charge in [0.05, 0.1) is 16.9 Å². The summed E-state index contributed by atoms with van der Waals surface area (Å²) in [5.74, 6) is 0.630. The summed E-state index contributed by atoms with van der Waals surface area (Å²) in [7, 11) is 0. The number of hydrogen-bond donors (Lipinski definition) is 0. The molecule has 5 heteroatoms. The number of imidazole rings is 1. The Labute approximate surface area is 125 Å². The normalized spacial score (nSPS) is 11.2. The lowest BCUT2D eigenvalue weighted by molar-refractivity contribution is 0.620. The van der Waals surface area contributed by atoms with Crippen LogP contribution in [0.3, 0.4) is 0 Å². The molecule has 1 heterocycles. The second kappa shape index (κ2) is 5.08. The molecule has 1 aromatic heterocycles. The van der Waals surface area contributed by atoms with E-state index in [1.807, 2.05) is 22.8 Å². The summed E-state index contributed by atoms with van der Waals surface area (Å²) in [6.07, 6.45) is 0. The van der Waals surface area contributed by atoms with Gasteiger partial charge in [0, 0.05) is 16.8 Å². The van der Waals surface area contributed by atoms with Crippen molar-refractivity contribution in [3.8, 4) is 5.69 Å². The fourth-order valence-electron chi connectivity index (χ4n) is 2.25. The first-order chi connectivity index (χ1) is 9.60. The number of aromatic nitrogens is 2. The van der Waals surface area contributed by atoms with E-state index < -0.39 is 0 Å². The molecule has 2 aromatic carbocycles. The average molecular weight is 309 g/mol. The van der Waals surface area contributed by atoms with Crippen LogP contribution in [0.5, 0.6) is 0 Å². The van der Waals surface area contributed by atoms with Crippen LogP contribution in [0.15, 0.2) is 36.4 Å². The van der Waals surface area contributed by atoms with Crippen LogP contribution in [0.25, 0.3) is 16.7 Å². The van der Waals surface area contributed by atoms with Crippen molar-refractivity contribution in [2.45, 2.75) is 12.8 Å². The standard InChI is InChI=1S/C15H11Cl2FN2/c1-9-5-14-13(7-12(9)18)19-15(8-16)20(14)11-4-2-3-10(17)6-11/h2-7H,8H2,1H3. The third kappa shape index (κ3) is 2.17. The van der Waals surface area contributed by atoms with Gasteiger partial charge in [0.15, 0.2) is 0 Å². The number of rotatable bonds is 2. The zero-order valence-electron chi connectivity index (χ0n) is 10.7. The van der Waals surface area contributed by atoms with Crippen molar-refractivity contribution in [2.24, 2.45) is 0 Å². The van der Waals surface area contributed by atoms with Crippen molar-refractivity contribution in [1.29, 1.82) is 0 Å². The molecule has 0 saturated heterocycles. The van der Waals surface area contributed by atoms with E-state index in [-0.39, 0.29) is 11.7 Å². The van der Waals surface area contributed by atoms with Gasteiger partial charge in [-0.2, -0.15) is 0 Å². The van der Waals surface area contributed by atoms with E-state index in [1.54, 1.807) is 19.1 Å².